The minimum absolute atomic E-state index is 0.502. The largest absolute Gasteiger partial charge is 0.497 e. The Morgan fingerprint density at radius 3 is 2.76 bits per heavy atom. The summed E-state index contributed by atoms with van der Waals surface area (Å²) in [7, 11) is 3.57. The molecule has 2 aromatic rings. The van der Waals surface area contributed by atoms with Gasteiger partial charge in [-0.05, 0) is 42.4 Å². The molecule has 0 radical (unpaired) electrons. The molecule has 112 valence electrons. The highest BCUT2D eigenvalue weighted by Gasteiger charge is 2.09. The van der Waals surface area contributed by atoms with Crippen LogP contribution in [0.5, 0.6) is 5.75 Å². The van der Waals surface area contributed by atoms with E-state index in [-0.39, 0.29) is 0 Å². The molecule has 3 nitrogen and oxygen atoms in total. The summed E-state index contributed by atoms with van der Waals surface area (Å²) in [5.74, 6) is 1.39. The van der Waals surface area contributed by atoms with E-state index in [9.17, 15) is 5.11 Å². The topological polar surface area (TPSA) is 41.5 Å². The van der Waals surface area contributed by atoms with Crippen LogP contribution in [0.2, 0.25) is 0 Å². The highest BCUT2D eigenvalue weighted by atomic mass is 32.2. The van der Waals surface area contributed by atoms with E-state index in [0.717, 1.165) is 17.9 Å². The number of benzene rings is 2. The number of methoxy groups -OCH3 is 1. The first kappa shape index (κ1) is 15.9. The molecule has 1 unspecified atom stereocenters. The zero-order chi connectivity index (χ0) is 15.1. The van der Waals surface area contributed by atoms with Crippen molar-refractivity contribution in [2.45, 2.75) is 17.5 Å². The number of thioether (sulfide) groups is 1. The van der Waals surface area contributed by atoms with Crippen LogP contribution in [-0.4, -0.2) is 25.0 Å². The normalized spacial score (nSPS) is 12.1. The van der Waals surface area contributed by atoms with E-state index in [1.54, 1.807) is 18.9 Å². The summed E-state index contributed by atoms with van der Waals surface area (Å²) in [5, 5.41) is 13.4. The van der Waals surface area contributed by atoms with Crippen LogP contribution in [0.15, 0.2) is 53.4 Å². The van der Waals surface area contributed by atoms with Gasteiger partial charge in [-0.25, -0.2) is 0 Å². The van der Waals surface area contributed by atoms with E-state index in [1.165, 1.54) is 10.5 Å². The lowest BCUT2D eigenvalue weighted by Gasteiger charge is -2.12. The Bertz CT molecular complexity index is 574. The zero-order valence-corrected chi connectivity index (χ0v) is 13.2. The van der Waals surface area contributed by atoms with E-state index in [4.69, 9.17) is 4.74 Å². The van der Waals surface area contributed by atoms with Crippen LogP contribution in [0.4, 0.5) is 0 Å². The molecule has 0 aromatic heterocycles. The summed E-state index contributed by atoms with van der Waals surface area (Å²) < 4.78 is 5.19. The van der Waals surface area contributed by atoms with Gasteiger partial charge in [0.15, 0.2) is 0 Å². The monoisotopic (exact) mass is 303 g/mol. The SMILES string of the molecule is CNCc1cccc(SCC(O)c2cccc(OC)c2)c1. The Hall–Kier alpha value is -1.49. The van der Waals surface area contributed by atoms with Gasteiger partial charge in [0.1, 0.15) is 5.75 Å². The lowest BCUT2D eigenvalue weighted by Crippen LogP contribution is -2.05. The van der Waals surface area contributed by atoms with Crippen LogP contribution in [0.3, 0.4) is 0 Å². The average Bonchev–Trinajstić information content (AvgIpc) is 2.53. The predicted octanol–water partition coefficient (Wildman–Crippen LogP) is 3.24. The van der Waals surface area contributed by atoms with Crippen LogP contribution < -0.4 is 10.1 Å². The number of aliphatic hydroxyl groups is 1. The van der Waals surface area contributed by atoms with E-state index in [1.807, 2.05) is 37.4 Å². The van der Waals surface area contributed by atoms with Crippen LogP contribution in [0.1, 0.15) is 17.2 Å². The number of ether oxygens (including phenoxy) is 1. The number of hydrogen-bond acceptors (Lipinski definition) is 4. The highest BCUT2D eigenvalue weighted by Crippen LogP contribution is 2.27. The lowest BCUT2D eigenvalue weighted by molar-refractivity contribution is 0.203. The van der Waals surface area contributed by atoms with Gasteiger partial charge in [-0.3, -0.25) is 0 Å². The molecule has 4 heteroatoms. The van der Waals surface area contributed by atoms with Gasteiger partial charge in [-0.1, -0.05) is 24.3 Å². The third kappa shape index (κ3) is 4.77. The maximum Gasteiger partial charge on any atom is 0.119 e. The van der Waals surface area contributed by atoms with Gasteiger partial charge in [-0.15, -0.1) is 11.8 Å². The van der Waals surface area contributed by atoms with Crippen LogP contribution in [0, 0.1) is 0 Å². The molecule has 2 aromatic carbocycles. The minimum atomic E-state index is -0.502. The van der Waals surface area contributed by atoms with Gasteiger partial charge in [-0.2, -0.15) is 0 Å². The molecule has 0 aliphatic rings. The molecule has 0 aliphatic heterocycles. The molecular weight excluding hydrogens is 282 g/mol. The van der Waals surface area contributed by atoms with Crippen molar-refractivity contribution >= 4 is 11.8 Å². The molecule has 2 rings (SSSR count). The summed E-state index contributed by atoms with van der Waals surface area (Å²) in [6.07, 6.45) is -0.502. The maximum atomic E-state index is 10.3. The molecule has 0 bridgehead atoms. The molecule has 0 amide bonds. The van der Waals surface area contributed by atoms with Crippen molar-refractivity contribution in [2.24, 2.45) is 0 Å². The summed E-state index contributed by atoms with van der Waals surface area (Å²) in [5.41, 5.74) is 2.13. The van der Waals surface area contributed by atoms with Gasteiger partial charge in [0, 0.05) is 17.2 Å². The van der Waals surface area contributed by atoms with E-state index < -0.39 is 6.10 Å². The van der Waals surface area contributed by atoms with Gasteiger partial charge < -0.3 is 15.2 Å². The second-order valence-electron chi connectivity index (χ2n) is 4.78. The molecule has 0 saturated heterocycles. The molecule has 1 atom stereocenters. The first-order chi connectivity index (χ1) is 10.2. The van der Waals surface area contributed by atoms with Crippen molar-refractivity contribution in [2.75, 3.05) is 19.9 Å². The molecule has 21 heavy (non-hydrogen) atoms. The van der Waals surface area contributed by atoms with E-state index in [0.29, 0.717) is 5.75 Å². The summed E-state index contributed by atoms with van der Waals surface area (Å²) in [4.78, 5) is 1.17. The fourth-order valence-corrected chi connectivity index (χ4v) is 3.02. The molecule has 0 fully saturated rings. The fraction of sp³-hybridized carbons (Fsp3) is 0.294. The van der Waals surface area contributed by atoms with Gasteiger partial charge in [0.05, 0.1) is 13.2 Å². The van der Waals surface area contributed by atoms with E-state index >= 15 is 0 Å². The number of aliphatic hydroxyl groups excluding tert-OH is 1. The molecule has 2 N–H and O–H groups in total. The highest BCUT2D eigenvalue weighted by molar-refractivity contribution is 7.99. The Morgan fingerprint density at radius 2 is 2.00 bits per heavy atom. The van der Waals surface area contributed by atoms with Gasteiger partial charge in [0.25, 0.3) is 0 Å². The van der Waals surface area contributed by atoms with Crippen LogP contribution in [-0.2, 0) is 6.54 Å². The van der Waals surface area contributed by atoms with Crippen LogP contribution >= 0.6 is 11.8 Å². The number of rotatable bonds is 7. The summed E-state index contributed by atoms with van der Waals surface area (Å²) in [6, 6.07) is 15.9. The third-order valence-electron chi connectivity index (χ3n) is 3.17. The lowest BCUT2D eigenvalue weighted by atomic mass is 10.1. The smallest absolute Gasteiger partial charge is 0.119 e. The van der Waals surface area contributed by atoms with Crippen molar-refractivity contribution in [3.05, 3.63) is 59.7 Å². The fourth-order valence-electron chi connectivity index (χ4n) is 2.07. The van der Waals surface area contributed by atoms with Crippen molar-refractivity contribution in [1.82, 2.24) is 5.32 Å². The zero-order valence-electron chi connectivity index (χ0n) is 12.4. The van der Waals surface area contributed by atoms with E-state index in [2.05, 4.69) is 23.5 Å². The molecule has 0 saturated carbocycles. The molecule has 0 heterocycles. The summed E-state index contributed by atoms with van der Waals surface area (Å²) in [6.45, 7) is 0.854. The first-order valence-electron chi connectivity index (χ1n) is 6.91. The Kier molecular flexibility index (Phi) is 6.11. The summed E-state index contributed by atoms with van der Waals surface area (Å²) >= 11 is 1.66. The Labute approximate surface area is 130 Å². The minimum Gasteiger partial charge on any atom is -0.497 e. The second-order valence-corrected chi connectivity index (χ2v) is 5.87. The molecular formula is C17H21NO2S. The Balaban J connectivity index is 1.96. The van der Waals surface area contributed by atoms with Gasteiger partial charge in [0.2, 0.25) is 0 Å². The molecule has 0 aliphatic carbocycles. The standard InChI is InChI=1S/C17H21NO2S/c1-18-11-13-5-3-8-16(9-13)21-12-17(19)14-6-4-7-15(10-14)20-2/h3-10,17-19H,11-12H2,1-2H3. The Morgan fingerprint density at radius 1 is 1.19 bits per heavy atom. The quantitative estimate of drug-likeness (QED) is 0.771. The maximum absolute atomic E-state index is 10.3. The number of hydrogen-bond donors (Lipinski definition) is 2. The van der Waals surface area contributed by atoms with Crippen molar-refractivity contribution in [3.8, 4) is 5.75 Å². The third-order valence-corrected chi connectivity index (χ3v) is 4.24. The average molecular weight is 303 g/mol. The van der Waals surface area contributed by atoms with Crippen molar-refractivity contribution < 1.29 is 9.84 Å². The van der Waals surface area contributed by atoms with Gasteiger partial charge >= 0.3 is 0 Å². The van der Waals surface area contributed by atoms with Crippen molar-refractivity contribution in [1.29, 1.82) is 0 Å². The second kappa shape index (κ2) is 8.08. The predicted molar refractivity (Wildman–Crippen MR) is 87.9 cm³/mol. The van der Waals surface area contributed by atoms with Crippen LogP contribution in [0.25, 0.3) is 0 Å². The molecule has 0 spiro atoms. The first-order valence-corrected chi connectivity index (χ1v) is 7.90. The number of nitrogens with one attached hydrogen (secondary N) is 1. The van der Waals surface area contributed by atoms with Crippen molar-refractivity contribution in [3.63, 3.8) is 0 Å².